The van der Waals surface area contributed by atoms with E-state index in [1.807, 2.05) is 6.92 Å². The van der Waals surface area contributed by atoms with Gasteiger partial charge in [0.25, 0.3) is 11.5 Å². The van der Waals surface area contributed by atoms with Gasteiger partial charge in [-0.1, -0.05) is 6.42 Å². The van der Waals surface area contributed by atoms with Gasteiger partial charge >= 0.3 is 5.97 Å². The first-order chi connectivity index (χ1) is 14.0. The third-order valence-corrected chi connectivity index (χ3v) is 7.11. The number of likely N-dealkylation sites (tertiary alicyclic amines) is 1. The summed E-state index contributed by atoms with van der Waals surface area (Å²) in [6.07, 6.45) is 5.45. The number of piperidine rings is 1. The van der Waals surface area contributed by atoms with Gasteiger partial charge in [-0.25, -0.2) is 4.98 Å². The Morgan fingerprint density at radius 3 is 2.83 bits per heavy atom. The molecular weight excluding hydrogens is 390 g/mol. The van der Waals surface area contributed by atoms with E-state index in [-0.39, 0.29) is 23.4 Å². The number of ether oxygens (including phenoxy) is 1. The summed E-state index contributed by atoms with van der Waals surface area (Å²) < 4.78 is 6.93. The lowest BCUT2D eigenvalue weighted by molar-refractivity contribution is -0.149. The molecule has 1 fully saturated rings. The largest absolute Gasteiger partial charge is 0.466 e. The van der Waals surface area contributed by atoms with Crippen molar-refractivity contribution in [1.82, 2.24) is 14.5 Å². The van der Waals surface area contributed by atoms with E-state index in [2.05, 4.69) is 0 Å². The first kappa shape index (κ1) is 20.1. The van der Waals surface area contributed by atoms with Crippen LogP contribution in [0.5, 0.6) is 0 Å². The zero-order chi connectivity index (χ0) is 20.5. The number of nitrogens with zero attached hydrogens (tertiary/aromatic N) is 3. The van der Waals surface area contributed by atoms with Crippen LogP contribution in [0.4, 0.5) is 0 Å². The van der Waals surface area contributed by atoms with E-state index >= 15 is 0 Å². The van der Waals surface area contributed by atoms with Gasteiger partial charge in [0.05, 0.1) is 22.8 Å². The number of esters is 1. The number of hydrogen-bond acceptors (Lipinski definition) is 6. The molecule has 0 aliphatic carbocycles. The number of aromatic nitrogens is 2. The van der Waals surface area contributed by atoms with Crippen molar-refractivity contribution in [1.29, 1.82) is 0 Å². The normalized spacial score (nSPS) is 19.7. The summed E-state index contributed by atoms with van der Waals surface area (Å²) in [6.45, 7) is 5.66. The van der Waals surface area contributed by atoms with Crippen LogP contribution in [0.25, 0.3) is 10.2 Å². The molecule has 8 heteroatoms. The summed E-state index contributed by atoms with van der Waals surface area (Å²) in [4.78, 5) is 46.2. The number of hydrogen-bond donors (Lipinski definition) is 0. The van der Waals surface area contributed by atoms with E-state index < -0.39 is 0 Å². The maximum atomic E-state index is 13.3. The van der Waals surface area contributed by atoms with Gasteiger partial charge in [-0.2, -0.15) is 0 Å². The molecule has 0 N–H and O–H groups in total. The average molecular weight is 418 g/mol. The molecule has 7 nitrogen and oxygen atoms in total. The fourth-order valence-electron chi connectivity index (χ4n) is 4.37. The second-order valence-electron chi connectivity index (χ2n) is 7.87. The molecule has 0 saturated carbocycles. The molecule has 1 amide bonds. The topological polar surface area (TPSA) is 81.5 Å². The number of carbonyl (C=O) groups is 2. The van der Waals surface area contributed by atoms with Gasteiger partial charge in [0, 0.05) is 26.1 Å². The number of rotatable bonds is 3. The average Bonchev–Trinajstić information content (AvgIpc) is 2.89. The van der Waals surface area contributed by atoms with Crippen molar-refractivity contribution in [2.75, 3.05) is 19.7 Å². The van der Waals surface area contributed by atoms with E-state index in [4.69, 9.17) is 9.72 Å². The maximum Gasteiger partial charge on any atom is 0.310 e. The summed E-state index contributed by atoms with van der Waals surface area (Å²) in [5.41, 5.74) is 0.688. The summed E-state index contributed by atoms with van der Waals surface area (Å²) in [6, 6.07) is 0. The number of fused-ring (bicyclic) bond motifs is 2. The van der Waals surface area contributed by atoms with Crippen LogP contribution in [0.2, 0.25) is 0 Å². The first-order valence-electron chi connectivity index (χ1n) is 10.5. The van der Waals surface area contributed by atoms with Gasteiger partial charge in [-0.05, 0) is 45.1 Å². The van der Waals surface area contributed by atoms with Crippen LogP contribution < -0.4 is 5.56 Å². The van der Waals surface area contributed by atoms with Crippen molar-refractivity contribution in [2.24, 2.45) is 5.92 Å². The SMILES string of the molecule is CCOC(=O)C1CCCN(C(=O)c2sc3nc4n(c(=O)c3c2C)CCCCC4)C1. The van der Waals surface area contributed by atoms with Crippen molar-refractivity contribution < 1.29 is 14.3 Å². The van der Waals surface area contributed by atoms with E-state index in [1.54, 1.807) is 16.4 Å². The molecule has 2 aromatic rings. The lowest BCUT2D eigenvalue weighted by atomic mass is 9.98. The van der Waals surface area contributed by atoms with Gasteiger partial charge in [-0.15, -0.1) is 11.3 Å². The van der Waals surface area contributed by atoms with Crippen molar-refractivity contribution >= 4 is 33.4 Å². The summed E-state index contributed by atoms with van der Waals surface area (Å²) >= 11 is 1.31. The second-order valence-corrected chi connectivity index (χ2v) is 8.87. The molecule has 0 radical (unpaired) electrons. The monoisotopic (exact) mass is 417 g/mol. The Labute approximate surface area is 173 Å². The maximum absolute atomic E-state index is 13.3. The molecule has 1 atom stereocenters. The fourth-order valence-corrected chi connectivity index (χ4v) is 5.53. The summed E-state index contributed by atoms with van der Waals surface area (Å²) in [5, 5.41) is 0.572. The minimum atomic E-state index is -0.276. The van der Waals surface area contributed by atoms with Crippen LogP contribution in [-0.4, -0.2) is 46.0 Å². The zero-order valence-electron chi connectivity index (χ0n) is 17.0. The lowest BCUT2D eigenvalue weighted by Crippen LogP contribution is -2.42. The van der Waals surface area contributed by atoms with E-state index in [9.17, 15) is 14.4 Å². The fraction of sp³-hybridized carbons (Fsp3) is 0.619. The minimum Gasteiger partial charge on any atom is -0.466 e. The standard InChI is InChI=1S/C21H27N3O4S/c1-3-28-21(27)14-8-7-10-23(12-14)20(26)17-13(2)16-18(29-17)22-15-9-5-4-6-11-24(15)19(16)25/h14H,3-12H2,1-2H3. The number of carbonyl (C=O) groups excluding carboxylic acids is 2. The smallest absolute Gasteiger partial charge is 0.310 e. The van der Waals surface area contributed by atoms with Crippen LogP contribution in [0.1, 0.15) is 60.1 Å². The van der Waals surface area contributed by atoms with Crippen LogP contribution in [0.15, 0.2) is 4.79 Å². The second kappa shape index (κ2) is 8.26. The molecule has 4 heterocycles. The third-order valence-electron chi connectivity index (χ3n) is 5.93. The van der Waals surface area contributed by atoms with Gasteiger partial charge < -0.3 is 9.64 Å². The van der Waals surface area contributed by atoms with Gasteiger partial charge in [0.2, 0.25) is 0 Å². The molecule has 1 unspecified atom stereocenters. The van der Waals surface area contributed by atoms with Gasteiger partial charge in [0.15, 0.2) is 0 Å². The highest BCUT2D eigenvalue weighted by Gasteiger charge is 2.32. The number of amides is 1. The van der Waals surface area contributed by atoms with Crippen molar-refractivity contribution in [3.05, 3.63) is 26.6 Å². The van der Waals surface area contributed by atoms with E-state index in [0.717, 1.165) is 44.3 Å². The molecule has 156 valence electrons. The Kier molecular flexibility index (Phi) is 5.72. The Morgan fingerprint density at radius 2 is 2.03 bits per heavy atom. The molecule has 0 bridgehead atoms. The van der Waals surface area contributed by atoms with Crippen molar-refractivity contribution in [3.63, 3.8) is 0 Å². The predicted octanol–water partition coefficient (Wildman–Crippen LogP) is 2.91. The highest BCUT2D eigenvalue weighted by Crippen LogP contribution is 2.30. The molecule has 0 spiro atoms. The minimum absolute atomic E-state index is 0.0252. The molecule has 2 aromatic heterocycles. The van der Waals surface area contributed by atoms with Crippen LogP contribution in [0.3, 0.4) is 0 Å². The number of thiophene rings is 1. The van der Waals surface area contributed by atoms with Crippen LogP contribution >= 0.6 is 11.3 Å². The molecule has 2 aliphatic heterocycles. The van der Waals surface area contributed by atoms with Crippen LogP contribution in [-0.2, 0) is 22.5 Å². The van der Waals surface area contributed by atoms with Crippen molar-refractivity contribution in [3.8, 4) is 0 Å². The molecular formula is C21H27N3O4S. The third kappa shape index (κ3) is 3.70. The van der Waals surface area contributed by atoms with Gasteiger partial charge in [-0.3, -0.25) is 19.0 Å². The van der Waals surface area contributed by atoms with Crippen LogP contribution in [0, 0.1) is 12.8 Å². The highest BCUT2D eigenvalue weighted by atomic mass is 32.1. The highest BCUT2D eigenvalue weighted by molar-refractivity contribution is 7.20. The van der Waals surface area contributed by atoms with E-state index in [0.29, 0.717) is 46.9 Å². The molecule has 0 aromatic carbocycles. The Balaban J connectivity index is 1.66. The Bertz CT molecular complexity index is 1010. The number of aryl methyl sites for hydroxylation is 2. The van der Waals surface area contributed by atoms with Crippen molar-refractivity contribution in [2.45, 2.75) is 58.9 Å². The summed E-state index contributed by atoms with van der Waals surface area (Å²) in [5.74, 6) is 0.212. The predicted molar refractivity (Wildman–Crippen MR) is 111 cm³/mol. The van der Waals surface area contributed by atoms with E-state index in [1.165, 1.54) is 11.3 Å². The Hall–Kier alpha value is -2.22. The lowest BCUT2D eigenvalue weighted by Gasteiger charge is -2.31. The van der Waals surface area contributed by atoms with Gasteiger partial charge in [0.1, 0.15) is 10.7 Å². The quantitative estimate of drug-likeness (QED) is 0.718. The molecule has 4 rings (SSSR count). The molecule has 2 aliphatic rings. The first-order valence-corrected chi connectivity index (χ1v) is 11.3. The zero-order valence-corrected chi connectivity index (χ0v) is 17.8. The molecule has 1 saturated heterocycles. The Morgan fingerprint density at radius 1 is 1.21 bits per heavy atom. The summed E-state index contributed by atoms with van der Waals surface area (Å²) in [7, 11) is 0. The molecule has 29 heavy (non-hydrogen) atoms.